The monoisotopic (exact) mass is 226 g/mol. The smallest absolute Gasteiger partial charge is 0.236 e. The van der Waals surface area contributed by atoms with E-state index in [-0.39, 0.29) is 24.7 Å². The molecule has 0 aliphatic rings. The van der Waals surface area contributed by atoms with E-state index in [1.54, 1.807) is 20.2 Å². The number of carbonyl (C=O) groups excluding carboxylic acids is 1. The van der Waals surface area contributed by atoms with Crippen LogP contribution in [0.3, 0.4) is 0 Å². The van der Waals surface area contributed by atoms with Crippen molar-refractivity contribution >= 4 is 5.91 Å². The number of amides is 1. The van der Waals surface area contributed by atoms with Crippen LogP contribution in [0, 0.1) is 5.82 Å². The number of phenols is 1. The number of para-hydroxylation sites is 1. The largest absolute Gasteiger partial charge is 0.505 e. The molecule has 0 bridgehead atoms. The van der Waals surface area contributed by atoms with Crippen molar-refractivity contribution in [2.75, 3.05) is 20.6 Å². The summed E-state index contributed by atoms with van der Waals surface area (Å²) in [5.41, 5.74) is 0.437. The number of nitrogens with one attached hydrogen (secondary N) is 1. The van der Waals surface area contributed by atoms with Crippen LogP contribution in [0.2, 0.25) is 0 Å². The third-order valence-corrected chi connectivity index (χ3v) is 2.16. The fraction of sp³-hybridized carbons (Fsp3) is 0.364. The molecule has 0 fully saturated rings. The van der Waals surface area contributed by atoms with Crippen molar-refractivity contribution in [2.45, 2.75) is 6.54 Å². The molecule has 1 aromatic rings. The lowest BCUT2D eigenvalue weighted by Crippen LogP contribution is -2.32. The minimum Gasteiger partial charge on any atom is -0.505 e. The van der Waals surface area contributed by atoms with Gasteiger partial charge < -0.3 is 15.3 Å². The van der Waals surface area contributed by atoms with E-state index in [9.17, 15) is 14.3 Å². The number of nitrogens with zero attached hydrogens (tertiary/aromatic N) is 1. The Kier molecular flexibility index (Phi) is 4.25. The van der Waals surface area contributed by atoms with Gasteiger partial charge in [-0.25, -0.2) is 4.39 Å². The first-order chi connectivity index (χ1) is 7.52. The van der Waals surface area contributed by atoms with Gasteiger partial charge in [-0.3, -0.25) is 4.79 Å². The summed E-state index contributed by atoms with van der Waals surface area (Å²) in [6.45, 7) is 0.409. The van der Waals surface area contributed by atoms with Crippen LogP contribution in [-0.4, -0.2) is 36.6 Å². The molecule has 0 unspecified atom stereocenters. The van der Waals surface area contributed by atoms with Crippen molar-refractivity contribution in [1.29, 1.82) is 0 Å². The van der Waals surface area contributed by atoms with E-state index in [1.807, 2.05) is 0 Å². The molecule has 0 saturated carbocycles. The van der Waals surface area contributed by atoms with E-state index >= 15 is 0 Å². The highest BCUT2D eigenvalue weighted by Gasteiger charge is 2.07. The number of phenolic OH excluding ortho intramolecular Hbond substituents is 1. The van der Waals surface area contributed by atoms with Crippen LogP contribution in [0.15, 0.2) is 18.2 Å². The van der Waals surface area contributed by atoms with E-state index in [4.69, 9.17) is 0 Å². The summed E-state index contributed by atoms with van der Waals surface area (Å²) < 4.78 is 12.9. The van der Waals surface area contributed by atoms with Crippen molar-refractivity contribution in [2.24, 2.45) is 0 Å². The van der Waals surface area contributed by atoms with Gasteiger partial charge >= 0.3 is 0 Å². The van der Waals surface area contributed by atoms with E-state index in [2.05, 4.69) is 5.32 Å². The second-order valence-electron chi connectivity index (χ2n) is 3.64. The summed E-state index contributed by atoms with van der Waals surface area (Å²) in [5.74, 6) is -1.10. The molecule has 88 valence electrons. The lowest BCUT2D eigenvalue weighted by atomic mass is 10.2. The van der Waals surface area contributed by atoms with Gasteiger partial charge in [0.15, 0.2) is 11.6 Å². The van der Waals surface area contributed by atoms with Gasteiger partial charge in [0.05, 0.1) is 6.54 Å². The highest BCUT2D eigenvalue weighted by atomic mass is 19.1. The summed E-state index contributed by atoms with van der Waals surface area (Å²) in [4.78, 5) is 12.7. The third kappa shape index (κ3) is 3.20. The van der Waals surface area contributed by atoms with Crippen LogP contribution in [0.4, 0.5) is 4.39 Å². The normalized spacial score (nSPS) is 10.2. The van der Waals surface area contributed by atoms with Crippen molar-refractivity contribution in [3.63, 3.8) is 0 Å². The van der Waals surface area contributed by atoms with Crippen LogP contribution < -0.4 is 5.32 Å². The average molecular weight is 226 g/mol. The lowest BCUT2D eigenvalue weighted by molar-refractivity contribution is -0.127. The van der Waals surface area contributed by atoms with Crippen LogP contribution in [-0.2, 0) is 11.3 Å². The second-order valence-corrected chi connectivity index (χ2v) is 3.64. The highest BCUT2D eigenvalue weighted by Crippen LogP contribution is 2.19. The fourth-order valence-electron chi connectivity index (χ4n) is 1.16. The molecule has 0 heterocycles. The van der Waals surface area contributed by atoms with Gasteiger partial charge in [0.1, 0.15) is 0 Å². The molecule has 0 saturated heterocycles. The highest BCUT2D eigenvalue weighted by molar-refractivity contribution is 5.77. The Bertz CT molecular complexity index is 380. The van der Waals surface area contributed by atoms with Crippen molar-refractivity contribution < 1.29 is 14.3 Å². The van der Waals surface area contributed by atoms with E-state index in [1.165, 1.54) is 17.0 Å². The van der Waals surface area contributed by atoms with Gasteiger partial charge in [-0.05, 0) is 6.07 Å². The first kappa shape index (κ1) is 12.4. The van der Waals surface area contributed by atoms with Gasteiger partial charge in [-0.1, -0.05) is 12.1 Å². The van der Waals surface area contributed by atoms with Crippen LogP contribution in [0.1, 0.15) is 5.56 Å². The summed E-state index contributed by atoms with van der Waals surface area (Å²) in [5, 5.41) is 12.2. The molecular formula is C11H15FN2O2. The van der Waals surface area contributed by atoms with Gasteiger partial charge in [0.25, 0.3) is 0 Å². The van der Waals surface area contributed by atoms with Crippen molar-refractivity contribution in [3.05, 3.63) is 29.6 Å². The maximum absolute atomic E-state index is 12.9. The number of hydrogen-bond acceptors (Lipinski definition) is 3. The number of hydrogen-bond donors (Lipinski definition) is 2. The van der Waals surface area contributed by atoms with Crippen LogP contribution in [0.25, 0.3) is 0 Å². The van der Waals surface area contributed by atoms with Crippen LogP contribution in [0.5, 0.6) is 5.75 Å². The molecule has 0 spiro atoms. The van der Waals surface area contributed by atoms with Gasteiger partial charge in [-0.15, -0.1) is 0 Å². The van der Waals surface area contributed by atoms with Crippen molar-refractivity contribution in [1.82, 2.24) is 10.2 Å². The Morgan fingerprint density at radius 3 is 2.81 bits per heavy atom. The molecule has 16 heavy (non-hydrogen) atoms. The van der Waals surface area contributed by atoms with E-state index in [0.717, 1.165) is 0 Å². The minimum absolute atomic E-state index is 0.0732. The molecule has 0 radical (unpaired) electrons. The Hall–Kier alpha value is -1.62. The van der Waals surface area contributed by atoms with Gasteiger partial charge in [-0.2, -0.15) is 0 Å². The molecule has 0 aliphatic carbocycles. The van der Waals surface area contributed by atoms with Crippen LogP contribution >= 0.6 is 0 Å². The Labute approximate surface area is 93.7 Å². The molecule has 2 N–H and O–H groups in total. The number of benzene rings is 1. The SMILES string of the molecule is CN(C)C(=O)CNCc1cccc(F)c1O. The van der Waals surface area contributed by atoms with Gasteiger partial charge in [0.2, 0.25) is 5.91 Å². The molecule has 0 atom stereocenters. The topological polar surface area (TPSA) is 52.6 Å². The molecule has 1 amide bonds. The first-order valence-corrected chi connectivity index (χ1v) is 4.89. The number of carbonyl (C=O) groups is 1. The van der Waals surface area contributed by atoms with E-state index in [0.29, 0.717) is 5.56 Å². The minimum atomic E-state index is -0.654. The predicted molar refractivity (Wildman–Crippen MR) is 58.5 cm³/mol. The standard InChI is InChI=1S/C11H15FN2O2/c1-14(2)10(15)7-13-6-8-4-3-5-9(12)11(8)16/h3-5,13,16H,6-7H2,1-2H3. The molecule has 1 aromatic carbocycles. The molecule has 4 nitrogen and oxygen atoms in total. The molecule has 0 aliphatic heterocycles. The fourth-order valence-corrected chi connectivity index (χ4v) is 1.16. The third-order valence-electron chi connectivity index (χ3n) is 2.16. The number of rotatable bonds is 4. The van der Waals surface area contributed by atoms with Crippen molar-refractivity contribution in [3.8, 4) is 5.75 Å². The van der Waals surface area contributed by atoms with Gasteiger partial charge in [0, 0.05) is 26.2 Å². The molecular weight excluding hydrogens is 211 g/mol. The zero-order valence-corrected chi connectivity index (χ0v) is 9.33. The zero-order chi connectivity index (χ0) is 12.1. The van der Waals surface area contributed by atoms with E-state index < -0.39 is 5.82 Å². The summed E-state index contributed by atoms with van der Waals surface area (Å²) in [7, 11) is 3.31. The lowest BCUT2D eigenvalue weighted by Gasteiger charge is -2.11. The Morgan fingerprint density at radius 2 is 2.19 bits per heavy atom. The maximum Gasteiger partial charge on any atom is 0.236 e. The average Bonchev–Trinajstić information content (AvgIpc) is 2.24. The molecule has 1 rings (SSSR count). The summed E-state index contributed by atoms with van der Waals surface area (Å²) in [6, 6.07) is 4.30. The number of aromatic hydroxyl groups is 1. The number of likely N-dealkylation sites (N-methyl/N-ethyl adjacent to an activating group) is 1. The second kappa shape index (κ2) is 5.46. The summed E-state index contributed by atoms with van der Waals surface area (Å²) >= 11 is 0. The molecule has 5 heteroatoms. The Balaban J connectivity index is 2.49. The maximum atomic E-state index is 12.9. The quantitative estimate of drug-likeness (QED) is 0.795. The Morgan fingerprint density at radius 1 is 1.50 bits per heavy atom. The first-order valence-electron chi connectivity index (χ1n) is 4.89. The summed E-state index contributed by atoms with van der Waals surface area (Å²) in [6.07, 6.45) is 0. The predicted octanol–water partition coefficient (Wildman–Crippen LogP) is 0.709. The number of halogens is 1. The zero-order valence-electron chi connectivity index (χ0n) is 9.33. The molecule has 0 aromatic heterocycles.